The molecule has 1 saturated heterocycles. The molecule has 0 aliphatic carbocycles. The minimum atomic E-state index is -0.384. The zero-order chi connectivity index (χ0) is 22.2. The molecule has 3 aromatic carbocycles. The Bertz CT molecular complexity index is 967. The van der Waals surface area contributed by atoms with Gasteiger partial charge in [0.15, 0.2) is 0 Å². The van der Waals surface area contributed by atoms with Crippen molar-refractivity contribution in [2.75, 3.05) is 26.7 Å². The normalized spacial score (nSPS) is 16.2. The van der Waals surface area contributed by atoms with Gasteiger partial charge >= 0.3 is 5.97 Å². The number of hydrogen-bond donors (Lipinski definition) is 1. The maximum Gasteiger partial charge on any atom is 0.338 e. The van der Waals surface area contributed by atoms with Crippen LogP contribution >= 0.6 is 0 Å². The molecule has 4 rings (SSSR count). The molecular formula is C28H32NO3+. The molecular weight excluding hydrogens is 398 g/mol. The summed E-state index contributed by atoms with van der Waals surface area (Å²) in [7, 11) is 1.66. The van der Waals surface area contributed by atoms with Crippen LogP contribution in [-0.4, -0.2) is 32.7 Å². The summed E-state index contributed by atoms with van der Waals surface area (Å²) in [6, 6.07) is 27.6. The number of benzene rings is 3. The molecule has 4 nitrogen and oxygen atoms in total. The molecule has 0 saturated carbocycles. The van der Waals surface area contributed by atoms with Crippen LogP contribution in [0, 0.1) is 0 Å². The van der Waals surface area contributed by atoms with E-state index in [-0.39, 0.29) is 18.0 Å². The van der Waals surface area contributed by atoms with Crippen LogP contribution in [0.3, 0.4) is 0 Å². The molecule has 1 aliphatic heterocycles. The predicted molar refractivity (Wildman–Crippen MR) is 126 cm³/mol. The number of nitrogens with one attached hydrogen (secondary N) is 1. The summed E-state index contributed by atoms with van der Waals surface area (Å²) in [5, 5.41) is 0. The fourth-order valence-electron chi connectivity index (χ4n) is 4.60. The van der Waals surface area contributed by atoms with Crippen molar-refractivity contribution in [3.05, 3.63) is 102 Å². The number of carbonyl (C=O) groups is 1. The SMILES string of the molecule is COc1ccc([C@@H](OC(=O)c2ccccc2)[C@H](C[NH+]2CCCCC2)c2ccccc2)cc1. The highest BCUT2D eigenvalue weighted by Crippen LogP contribution is 2.35. The minimum absolute atomic E-state index is 0.0605. The first-order valence-corrected chi connectivity index (χ1v) is 11.5. The van der Waals surface area contributed by atoms with Crippen LogP contribution in [0.15, 0.2) is 84.9 Å². The summed E-state index contributed by atoms with van der Waals surface area (Å²) in [6.45, 7) is 3.28. The summed E-state index contributed by atoms with van der Waals surface area (Å²) in [5.74, 6) is 0.561. The fourth-order valence-corrected chi connectivity index (χ4v) is 4.60. The Hall–Kier alpha value is -3.11. The zero-order valence-corrected chi connectivity index (χ0v) is 18.7. The molecule has 1 aliphatic rings. The van der Waals surface area contributed by atoms with Crippen molar-refractivity contribution in [3.8, 4) is 5.75 Å². The van der Waals surface area contributed by atoms with Crippen molar-refractivity contribution in [3.63, 3.8) is 0 Å². The maximum atomic E-state index is 13.1. The fraction of sp³-hybridized carbons (Fsp3) is 0.321. The smallest absolute Gasteiger partial charge is 0.338 e. The second kappa shape index (κ2) is 11.0. The number of quaternary nitrogens is 1. The van der Waals surface area contributed by atoms with Gasteiger partial charge in [0, 0.05) is 0 Å². The molecule has 0 bridgehead atoms. The molecule has 166 valence electrons. The van der Waals surface area contributed by atoms with Crippen LogP contribution in [0.4, 0.5) is 0 Å². The van der Waals surface area contributed by atoms with Gasteiger partial charge in [-0.1, -0.05) is 60.7 Å². The first-order chi connectivity index (χ1) is 15.7. The van der Waals surface area contributed by atoms with Crippen molar-refractivity contribution < 1.29 is 19.2 Å². The van der Waals surface area contributed by atoms with Crippen LogP contribution in [0.25, 0.3) is 0 Å². The van der Waals surface area contributed by atoms with Crippen LogP contribution < -0.4 is 9.64 Å². The minimum Gasteiger partial charge on any atom is -0.497 e. The van der Waals surface area contributed by atoms with Gasteiger partial charge in [-0.15, -0.1) is 0 Å². The van der Waals surface area contributed by atoms with Gasteiger partial charge in [-0.2, -0.15) is 0 Å². The van der Waals surface area contributed by atoms with Crippen molar-refractivity contribution in [2.45, 2.75) is 31.3 Å². The van der Waals surface area contributed by atoms with E-state index in [4.69, 9.17) is 9.47 Å². The summed E-state index contributed by atoms with van der Waals surface area (Å²) in [5.41, 5.74) is 2.76. The molecule has 4 heteroatoms. The van der Waals surface area contributed by atoms with Crippen LogP contribution in [0.2, 0.25) is 0 Å². The molecule has 0 amide bonds. The highest BCUT2D eigenvalue weighted by atomic mass is 16.5. The third-order valence-corrected chi connectivity index (χ3v) is 6.35. The number of likely N-dealkylation sites (tertiary alicyclic amines) is 1. The third kappa shape index (κ3) is 5.57. The Kier molecular flexibility index (Phi) is 7.57. The van der Waals surface area contributed by atoms with Gasteiger partial charge in [0.2, 0.25) is 0 Å². The van der Waals surface area contributed by atoms with Gasteiger partial charge in [-0.3, -0.25) is 0 Å². The largest absolute Gasteiger partial charge is 0.497 e. The van der Waals surface area contributed by atoms with Crippen molar-refractivity contribution in [1.82, 2.24) is 0 Å². The highest BCUT2D eigenvalue weighted by Gasteiger charge is 2.33. The number of carbonyl (C=O) groups excluding carboxylic acids is 1. The topological polar surface area (TPSA) is 40.0 Å². The monoisotopic (exact) mass is 430 g/mol. The van der Waals surface area contributed by atoms with Crippen LogP contribution in [-0.2, 0) is 4.74 Å². The summed E-state index contributed by atoms with van der Waals surface area (Å²) in [6.07, 6.45) is 3.44. The van der Waals surface area contributed by atoms with Crippen LogP contribution in [0.1, 0.15) is 52.8 Å². The van der Waals surface area contributed by atoms with E-state index in [1.165, 1.54) is 37.9 Å². The zero-order valence-electron chi connectivity index (χ0n) is 18.7. The van der Waals surface area contributed by atoms with E-state index in [2.05, 4.69) is 24.3 Å². The predicted octanol–water partition coefficient (Wildman–Crippen LogP) is 4.45. The average Bonchev–Trinajstić information content (AvgIpc) is 2.88. The molecule has 0 spiro atoms. The molecule has 3 aromatic rings. The Morgan fingerprint density at radius 1 is 0.812 bits per heavy atom. The lowest BCUT2D eigenvalue weighted by atomic mass is 9.87. The summed E-state index contributed by atoms with van der Waals surface area (Å²) < 4.78 is 11.6. The van der Waals surface area contributed by atoms with Crippen molar-refractivity contribution in [1.29, 1.82) is 0 Å². The Morgan fingerprint density at radius 3 is 2.06 bits per heavy atom. The van der Waals surface area contributed by atoms with Gasteiger partial charge < -0.3 is 14.4 Å². The van der Waals surface area contributed by atoms with E-state index < -0.39 is 0 Å². The number of methoxy groups -OCH3 is 1. The number of hydrogen-bond acceptors (Lipinski definition) is 3. The van der Waals surface area contributed by atoms with Crippen molar-refractivity contribution >= 4 is 5.97 Å². The van der Waals surface area contributed by atoms with Gasteiger partial charge in [0.25, 0.3) is 0 Å². The second-order valence-electron chi connectivity index (χ2n) is 8.50. The lowest BCUT2D eigenvalue weighted by Crippen LogP contribution is -3.13. The van der Waals surface area contributed by atoms with E-state index in [9.17, 15) is 4.79 Å². The third-order valence-electron chi connectivity index (χ3n) is 6.35. The molecule has 1 heterocycles. The van der Waals surface area contributed by atoms with Gasteiger partial charge in [-0.05, 0) is 54.7 Å². The first kappa shape index (κ1) is 22.1. The average molecular weight is 431 g/mol. The van der Waals surface area contributed by atoms with E-state index in [0.29, 0.717) is 5.56 Å². The Morgan fingerprint density at radius 2 is 1.44 bits per heavy atom. The second-order valence-corrected chi connectivity index (χ2v) is 8.50. The van der Waals surface area contributed by atoms with Gasteiger partial charge in [-0.25, -0.2) is 4.79 Å². The molecule has 32 heavy (non-hydrogen) atoms. The molecule has 2 atom stereocenters. The number of esters is 1. The lowest BCUT2D eigenvalue weighted by molar-refractivity contribution is -0.906. The molecule has 1 fully saturated rings. The molecule has 0 radical (unpaired) electrons. The summed E-state index contributed by atoms with van der Waals surface area (Å²) in [4.78, 5) is 14.7. The molecule has 0 aromatic heterocycles. The van der Waals surface area contributed by atoms with E-state index in [1.54, 1.807) is 24.1 Å². The molecule has 1 N–H and O–H groups in total. The van der Waals surface area contributed by atoms with Crippen molar-refractivity contribution in [2.24, 2.45) is 0 Å². The van der Waals surface area contributed by atoms with Gasteiger partial charge in [0.05, 0.1) is 38.2 Å². The van der Waals surface area contributed by atoms with E-state index in [1.807, 2.05) is 48.5 Å². The lowest BCUT2D eigenvalue weighted by Gasteiger charge is -2.32. The number of piperidine rings is 1. The van der Waals surface area contributed by atoms with E-state index in [0.717, 1.165) is 17.9 Å². The quantitative estimate of drug-likeness (QED) is 0.537. The number of ether oxygens (including phenoxy) is 2. The molecule has 0 unspecified atom stereocenters. The van der Waals surface area contributed by atoms with E-state index >= 15 is 0 Å². The standard InChI is InChI=1S/C28H31NO3/c1-31-25-17-15-23(16-18-25)27(32-28(30)24-13-7-3-8-14-24)26(22-11-5-2-6-12-22)21-29-19-9-4-10-20-29/h2-3,5-8,11-18,26-27H,4,9-10,19-21H2,1H3/p+1/t26-,27-/m1/s1. The Labute approximate surface area is 190 Å². The number of rotatable bonds is 8. The summed E-state index contributed by atoms with van der Waals surface area (Å²) >= 11 is 0. The highest BCUT2D eigenvalue weighted by molar-refractivity contribution is 5.89. The van der Waals surface area contributed by atoms with Crippen LogP contribution in [0.5, 0.6) is 5.75 Å². The van der Waals surface area contributed by atoms with Gasteiger partial charge in [0.1, 0.15) is 11.9 Å². The Balaban J connectivity index is 1.69. The maximum absolute atomic E-state index is 13.1. The first-order valence-electron chi connectivity index (χ1n) is 11.5.